The van der Waals surface area contributed by atoms with Crippen molar-refractivity contribution >= 4 is 6.08 Å². The molecule has 0 unspecified atom stereocenters. The lowest BCUT2D eigenvalue weighted by atomic mass is 10.1. The van der Waals surface area contributed by atoms with Gasteiger partial charge < -0.3 is 14.8 Å². The summed E-state index contributed by atoms with van der Waals surface area (Å²) < 4.78 is 10.6. The fourth-order valence-corrected chi connectivity index (χ4v) is 1.68. The molecule has 0 atom stereocenters. The van der Waals surface area contributed by atoms with E-state index in [2.05, 4.69) is 18.3 Å². The third-order valence-electron chi connectivity index (χ3n) is 2.65. The van der Waals surface area contributed by atoms with Crippen LogP contribution < -0.4 is 14.8 Å². The Balaban J connectivity index is 3.08. The normalized spacial score (nSPS) is 11.4. The molecule has 1 N–H and O–H groups in total. The molecule has 1 aromatic rings. The highest BCUT2D eigenvalue weighted by atomic mass is 16.5. The first-order chi connectivity index (χ1) is 8.24. The fourth-order valence-electron chi connectivity index (χ4n) is 1.68. The van der Waals surface area contributed by atoms with E-state index in [0.717, 1.165) is 30.0 Å². The van der Waals surface area contributed by atoms with Crippen molar-refractivity contribution in [2.45, 2.75) is 13.3 Å². The van der Waals surface area contributed by atoms with Gasteiger partial charge in [0.25, 0.3) is 0 Å². The molecule has 0 fully saturated rings. The summed E-state index contributed by atoms with van der Waals surface area (Å²) >= 11 is 0. The lowest BCUT2D eigenvalue weighted by Gasteiger charge is -2.09. The minimum absolute atomic E-state index is 0.844. The molecule has 0 aliphatic rings. The summed E-state index contributed by atoms with van der Waals surface area (Å²) in [5.74, 6) is 1.71. The van der Waals surface area contributed by atoms with Crippen molar-refractivity contribution in [2.24, 2.45) is 0 Å². The largest absolute Gasteiger partial charge is 0.497 e. The van der Waals surface area contributed by atoms with Gasteiger partial charge in [-0.2, -0.15) is 0 Å². The van der Waals surface area contributed by atoms with Gasteiger partial charge in [-0.25, -0.2) is 0 Å². The Morgan fingerprint density at radius 2 is 2.06 bits per heavy atom. The fraction of sp³-hybridized carbons (Fsp3) is 0.429. The van der Waals surface area contributed by atoms with Gasteiger partial charge in [-0.05, 0) is 31.7 Å². The van der Waals surface area contributed by atoms with E-state index >= 15 is 0 Å². The Kier molecular flexibility index (Phi) is 5.57. The molecule has 0 radical (unpaired) electrons. The summed E-state index contributed by atoms with van der Waals surface area (Å²) in [6, 6.07) is 5.82. The molecule has 0 aliphatic heterocycles. The van der Waals surface area contributed by atoms with Gasteiger partial charge in [0.1, 0.15) is 11.5 Å². The summed E-state index contributed by atoms with van der Waals surface area (Å²) in [6.45, 7) is 3.03. The molecule has 0 aromatic heterocycles. The van der Waals surface area contributed by atoms with Crippen molar-refractivity contribution in [3.8, 4) is 11.5 Å². The van der Waals surface area contributed by atoms with Gasteiger partial charge in [-0.1, -0.05) is 18.6 Å². The molecule has 3 heteroatoms. The van der Waals surface area contributed by atoms with E-state index in [4.69, 9.17) is 9.47 Å². The van der Waals surface area contributed by atoms with E-state index in [0.29, 0.717) is 0 Å². The zero-order chi connectivity index (χ0) is 12.7. The highest BCUT2D eigenvalue weighted by molar-refractivity contribution is 5.62. The van der Waals surface area contributed by atoms with Crippen LogP contribution in [0.3, 0.4) is 0 Å². The maximum atomic E-state index is 5.35. The van der Waals surface area contributed by atoms with Gasteiger partial charge in [0.15, 0.2) is 0 Å². The second-order valence-electron chi connectivity index (χ2n) is 3.79. The van der Waals surface area contributed by atoms with E-state index < -0.39 is 0 Å². The second kappa shape index (κ2) is 6.97. The third kappa shape index (κ3) is 3.79. The smallest absolute Gasteiger partial charge is 0.126 e. The van der Waals surface area contributed by atoms with Crippen LogP contribution in [0.15, 0.2) is 23.8 Å². The van der Waals surface area contributed by atoms with Crippen molar-refractivity contribution in [1.29, 1.82) is 0 Å². The average molecular weight is 235 g/mol. The molecule has 0 bridgehead atoms. The molecular weight excluding hydrogens is 214 g/mol. The van der Waals surface area contributed by atoms with Crippen LogP contribution in [0.5, 0.6) is 11.5 Å². The van der Waals surface area contributed by atoms with E-state index in [1.165, 1.54) is 5.57 Å². The molecule has 0 amide bonds. The van der Waals surface area contributed by atoms with Crippen LogP contribution >= 0.6 is 0 Å². The standard InChI is InChI=1S/C14H21NO2/c1-5-11(10-15-2)8-12-9-13(16-3)6-7-14(12)17-4/h6-9,15H,5,10H2,1-4H3. The first kappa shape index (κ1) is 13.6. The summed E-state index contributed by atoms with van der Waals surface area (Å²) in [5, 5.41) is 3.16. The van der Waals surface area contributed by atoms with Crippen LogP contribution in [0.1, 0.15) is 18.9 Å². The number of likely N-dealkylation sites (N-methyl/N-ethyl adjacent to an activating group) is 1. The molecular formula is C14H21NO2. The first-order valence-corrected chi connectivity index (χ1v) is 5.81. The van der Waals surface area contributed by atoms with Gasteiger partial charge in [-0.15, -0.1) is 0 Å². The van der Waals surface area contributed by atoms with Gasteiger partial charge in [0.2, 0.25) is 0 Å². The summed E-state index contributed by atoms with van der Waals surface area (Å²) in [4.78, 5) is 0. The highest BCUT2D eigenvalue weighted by Gasteiger charge is 2.03. The van der Waals surface area contributed by atoms with Crippen LogP contribution in [0.2, 0.25) is 0 Å². The molecule has 0 aliphatic carbocycles. The average Bonchev–Trinajstić information content (AvgIpc) is 2.38. The molecule has 0 heterocycles. The predicted octanol–water partition coefficient (Wildman–Crippen LogP) is 2.72. The van der Waals surface area contributed by atoms with E-state index in [1.807, 2.05) is 25.2 Å². The van der Waals surface area contributed by atoms with Crippen LogP contribution in [0, 0.1) is 0 Å². The SMILES string of the molecule is CCC(=Cc1cc(OC)ccc1OC)CNC. The lowest BCUT2D eigenvalue weighted by Crippen LogP contribution is -2.09. The second-order valence-corrected chi connectivity index (χ2v) is 3.79. The molecule has 3 nitrogen and oxygen atoms in total. The highest BCUT2D eigenvalue weighted by Crippen LogP contribution is 2.26. The van der Waals surface area contributed by atoms with Crippen LogP contribution in [-0.2, 0) is 0 Å². The predicted molar refractivity (Wildman–Crippen MR) is 71.7 cm³/mol. The minimum Gasteiger partial charge on any atom is -0.497 e. The Hall–Kier alpha value is -1.48. The van der Waals surface area contributed by atoms with Crippen molar-refractivity contribution in [2.75, 3.05) is 27.8 Å². The van der Waals surface area contributed by atoms with Gasteiger partial charge in [0, 0.05) is 12.1 Å². The molecule has 17 heavy (non-hydrogen) atoms. The summed E-state index contributed by atoms with van der Waals surface area (Å²) in [6.07, 6.45) is 3.17. The van der Waals surface area contributed by atoms with Crippen LogP contribution in [0.4, 0.5) is 0 Å². The van der Waals surface area contributed by atoms with Crippen molar-refractivity contribution in [3.63, 3.8) is 0 Å². The number of benzene rings is 1. The third-order valence-corrected chi connectivity index (χ3v) is 2.65. The van der Waals surface area contributed by atoms with E-state index in [9.17, 15) is 0 Å². The first-order valence-electron chi connectivity index (χ1n) is 5.81. The van der Waals surface area contributed by atoms with Gasteiger partial charge >= 0.3 is 0 Å². The molecule has 0 spiro atoms. The van der Waals surface area contributed by atoms with Crippen molar-refractivity contribution in [3.05, 3.63) is 29.3 Å². The Bertz CT molecular complexity index is 386. The molecule has 94 valence electrons. The molecule has 1 aromatic carbocycles. The molecule has 0 saturated carbocycles. The number of ether oxygens (including phenoxy) is 2. The topological polar surface area (TPSA) is 30.5 Å². The number of methoxy groups -OCH3 is 2. The zero-order valence-corrected chi connectivity index (χ0v) is 11.0. The van der Waals surface area contributed by atoms with Crippen molar-refractivity contribution in [1.82, 2.24) is 5.32 Å². The quantitative estimate of drug-likeness (QED) is 0.822. The Labute approximate surface area is 103 Å². The summed E-state index contributed by atoms with van der Waals surface area (Å²) in [7, 11) is 5.30. The number of hydrogen-bond donors (Lipinski definition) is 1. The van der Waals surface area contributed by atoms with Crippen LogP contribution in [0.25, 0.3) is 6.08 Å². The monoisotopic (exact) mass is 235 g/mol. The van der Waals surface area contributed by atoms with E-state index in [-0.39, 0.29) is 0 Å². The summed E-state index contributed by atoms with van der Waals surface area (Å²) in [5.41, 5.74) is 2.39. The Morgan fingerprint density at radius 1 is 1.29 bits per heavy atom. The van der Waals surface area contributed by atoms with Crippen LogP contribution in [-0.4, -0.2) is 27.8 Å². The number of rotatable bonds is 6. The maximum absolute atomic E-state index is 5.35. The van der Waals surface area contributed by atoms with Gasteiger partial charge in [0.05, 0.1) is 14.2 Å². The van der Waals surface area contributed by atoms with Crippen molar-refractivity contribution < 1.29 is 9.47 Å². The lowest BCUT2D eigenvalue weighted by molar-refractivity contribution is 0.402. The number of nitrogens with one attached hydrogen (secondary N) is 1. The minimum atomic E-state index is 0.844. The molecule has 0 saturated heterocycles. The van der Waals surface area contributed by atoms with Gasteiger partial charge in [-0.3, -0.25) is 0 Å². The molecule has 1 rings (SSSR count). The Morgan fingerprint density at radius 3 is 2.59 bits per heavy atom. The zero-order valence-electron chi connectivity index (χ0n) is 11.0. The maximum Gasteiger partial charge on any atom is 0.126 e. The van der Waals surface area contributed by atoms with E-state index in [1.54, 1.807) is 14.2 Å². The number of hydrogen-bond acceptors (Lipinski definition) is 3.